The molecular weight excluding hydrogens is 247 g/mol. The predicted octanol–water partition coefficient (Wildman–Crippen LogP) is 1.71. The molecule has 0 aliphatic heterocycles. The number of hydrazine groups is 1. The molecule has 0 fully saturated rings. The van der Waals surface area contributed by atoms with Gasteiger partial charge in [-0.3, -0.25) is 0 Å². The summed E-state index contributed by atoms with van der Waals surface area (Å²) < 4.78 is 37.4. The van der Waals surface area contributed by atoms with E-state index >= 15 is 0 Å². The van der Waals surface area contributed by atoms with Gasteiger partial charge >= 0.3 is 6.18 Å². The van der Waals surface area contributed by atoms with E-state index in [1.807, 2.05) is 6.92 Å². The fraction of sp³-hybridized carbons (Fsp3) is 0.600. The summed E-state index contributed by atoms with van der Waals surface area (Å²) in [7, 11) is 0. The average Bonchev–Trinajstić information content (AvgIpc) is 2.33. The van der Waals surface area contributed by atoms with Gasteiger partial charge < -0.3 is 10.3 Å². The Morgan fingerprint density at radius 2 is 2.00 bits per heavy atom. The molecule has 0 aromatic carbocycles. The molecule has 0 aliphatic carbocycles. The third-order valence-electron chi connectivity index (χ3n) is 2.46. The van der Waals surface area contributed by atoms with Crippen molar-refractivity contribution < 1.29 is 13.2 Å². The van der Waals surface area contributed by atoms with Crippen molar-refractivity contribution >= 4 is 11.6 Å². The van der Waals surface area contributed by atoms with Crippen molar-refractivity contribution in [1.29, 1.82) is 0 Å². The Morgan fingerprint density at radius 3 is 2.44 bits per heavy atom. The zero-order valence-electron chi connectivity index (χ0n) is 10.3. The first-order chi connectivity index (χ1) is 8.42. The molecule has 0 atom stereocenters. The van der Waals surface area contributed by atoms with E-state index in [2.05, 4.69) is 15.4 Å². The van der Waals surface area contributed by atoms with Crippen LogP contribution in [-0.2, 0) is 6.42 Å². The maximum absolute atomic E-state index is 12.5. The number of alkyl halides is 3. The third-order valence-corrected chi connectivity index (χ3v) is 2.46. The second kappa shape index (κ2) is 5.85. The van der Waals surface area contributed by atoms with E-state index in [0.717, 1.165) is 4.90 Å². The Hall–Kier alpha value is -1.57. The SMILES string of the molecule is CCc1c(NN)ncnc1N(CC)CC(F)(F)F. The van der Waals surface area contributed by atoms with E-state index < -0.39 is 12.7 Å². The minimum absolute atomic E-state index is 0.202. The first-order valence-corrected chi connectivity index (χ1v) is 5.55. The number of rotatable bonds is 5. The number of halogens is 3. The van der Waals surface area contributed by atoms with Crippen molar-refractivity contribution in [3.8, 4) is 0 Å². The van der Waals surface area contributed by atoms with Crippen LogP contribution < -0.4 is 16.2 Å². The second-order valence-electron chi connectivity index (χ2n) is 3.65. The highest BCUT2D eigenvalue weighted by atomic mass is 19.4. The van der Waals surface area contributed by atoms with Crippen LogP contribution in [-0.4, -0.2) is 29.2 Å². The van der Waals surface area contributed by atoms with Gasteiger partial charge in [-0.1, -0.05) is 6.92 Å². The topological polar surface area (TPSA) is 67.1 Å². The highest BCUT2D eigenvalue weighted by Crippen LogP contribution is 2.26. The molecule has 0 amide bonds. The number of nitrogens with one attached hydrogen (secondary N) is 1. The smallest absolute Gasteiger partial charge is 0.347 e. The molecule has 18 heavy (non-hydrogen) atoms. The largest absolute Gasteiger partial charge is 0.405 e. The first kappa shape index (κ1) is 14.5. The lowest BCUT2D eigenvalue weighted by atomic mass is 10.2. The van der Waals surface area contributed by atoms with Crippen LogP contribution in [0.15, 0.2) is 6.33 Å². The van der Waals surface area contributed by atoms with Gasteiger partial charge in [0.05, 0.1) is 0 Å². The van der Waals surface area contributed by atoms with Crippen LogP contribution in [0.3, 0.4) is 0 Å². The van der Waals surface area contributed by atoms with Crippen LogP contribution in [0.25, 0.3) is 0 Å². The van der Waals surface area contributed by atoms with E-state index in [9.17, 15) is 13.2 Å². The maximum atomic E-state index is 12.5. The van der Waals surface area contributed by atoms with Gasteiger partial charge in [-0.25, -0.2) is 15.8 Å². The average molecular weight is 263 g/mol. The van der Waals surface area contributed by atoms with Crippen molar-refractivity contribution in [3.05, 3.63) is 11.9 Å². The molecule has 1 aromatic heterocycles. The molecule has 3 N–H and O–H groups in total. The monoisotopic (exact) mass is 263 g/mol. The number of anilines is 2. The van der Waals surface area contributed by atoms with E-state index in [1.165, 1.54) is 6.33 Å². The molecule has 0 saturated heterocycles. The zero-order chi connectivity index (χ0) is 13.8. The summed E-state index contributed by atoms with van der Waals surface area (Å²) in [5, 5.41) is 0. The first-order valence-electron chi connectivity index (χ1n) is 5.55. The number of hydrogen-bond acceptors (Lipinski definition) is 5. The molecular formula is C10H16F3N5. The quantitative estimate of drug-likeness (QED) is 0.625. The van der Waals surface area contributed by atoms with Gasteiger partial charge in [-0.05, 0) is 13.3 Å². The molecule has 0 radical (unpaired) electrons. The number of aromatic nitrogens is 2. The van der Waals surface area contributed by atoms with Crippen LogP contribution in [0.2, 0.25) is 0 Å². The van der Waals surface area contributed by atoms with Gasteiger partial charge in [-0.2, -0.15) is 13.2 Å². The van der Waals surface area contributed by atoms with E-state index in [0.29, 0.717) is 17.8 Å². The van der Waals surface area contributed by atoms with Gasteiger partial charge in [-0.15, -0.1) is 0 Å². The van der Waals surface area contributed by atoms with Crippen LogP contribution in [0.1, 0.15) is 19.4 Å². The summed E-state index contributed by atoms with van der Waals surface area (Å²) in [4.78, 5) is 8.97. The fourth-order valence-electron chi connectivity index (χ4n) is 1.68. The maximum Gasteiger partial charge on any atom is 0.405 e. The van der Waals surface area contributed by atoms with Crippen molar-refractivity contribution in [3.63, 3.8) is 0 Å². The Balaban J connectivity index is 3.12. The minimum Gasteiger partial charge on any atom is -0.347 e. The molecule has 8 heteroatoms. The molecule has 0 saturated carbocycles. The van der Waals surface area contributed by atoms with Crippen molar-refractivity contribution in [2.45, 2.75) is 26.4 Å². The Labute approximate surface area is 103 Å². The van der Waals surface area contributed by atoms with Gasteiger partial charge in [0.2, 0.25) is 0 Å². The summed E-state index contributed by atoms with van der Waals surface area (Å²) in [6.45, 7) is 2.61. The molecule has 5 nitrogen and oxygen atoms in total. The van der Waals surface area contributed by atoms with Crippen molar-refractivity contribution in [2.24, 2.45) is 5.84 Å². The fourth-order valence-corrected chi connectivity index (χ4v) is 1.68. The summed E-state index contributed by atoms with van der Waals surface area (Å²) in [5.41, 5.74) is 2.94. The van der Waals surface area contributed by atoms with E-state index in [1.54, 1.807) is 6.92 Å². The van der Waals surface area contributed by atoms with Gasteiger partial charge in [0.1, 0.15) is 24.5 Å². The molecule has 1 heterocycles. The molecule has 1 rings (SSSR count). The van der Waals surface area contributed by atoms with E-state index in [4.69, 9.17) is 5.84 Å². The Morgan fingerprint density at radius 1 is 1.33 bits per heavy atom. The predicted molar refractivity (Wildman–Crippen MR) is 63.2 cm³/mol. The van der Waals surface area contributed by atoms with E-state index in [-0.39, 0.29) is 12.4 Å². The molecule has 0 spiro atoms. The van der Waals surface area contributed by atoms with Crippen LogP contribution in [0, 0.1) is 0 Å². The Kier molecular flexibility index (Phi) is 4.71. The lowest BCUT2D eigenvalue weighted by molar-refractivity contribution is -0.119. The highest BCUT2D eigenvalue weighted by Gasteiger charge is 2.31. The highest BCUT2D eigenvalue weighted by molar-refractivity contribution is 5.58. The lowest BCUT2D eigenvalue weighted by Gasteiger charge is -2.25. The van der Waals surface area contributed by atoms with Gasteiger partial charge in [0, 0.05) is 12.1 Å². The Bertz CT molecular complexity index is 394. The normalized spacial score (nSPS) is 11.4. The zero-order valence-corrected chi connectivity index (χ0v) is 10.3. The van der Waals surface area contributed by atoms with Crippen molar-refractivity contribution in [2.75, 3.05) is 23.4 Å². The van der Waals surface area contributed by atoms with Gasteiger partial charge in [0.15, 0.2) is 0 Å². The van der Waals surface area contributed by atoms with Crippen LogP contribution in [0.5, 0.6) is 0 Å². The molecule has 0 aliphatic rings. The summed E-state index contributed by atoms with van der Waals surface area (Å²) >= 11 is 0. The summed E-state index contributed by atoms with van der Waals surface area (Å²) in [5.74, 6) is 5.90. The second-order valence-corrected chi connectivity index (χ2v) is 3.65. The number of nitrogen functional groups attached to an aromatic ring is 1. The van der Waals surface area contributed by atoms with Crippen LogP contribution >= 0.6 is 0 Å². The number of hydrogen-bond donors (Lipinski definition) is 2. The van der Waals surface area contributed by atoms with Crippen LogP contribution in [0.4, 0.5) is 24.8 Å². The molecule has 0 bridgehead atoms. The number of nitrogens with two attached hydrogens (primary N) is 1. The number of nitrogens with zero attached hydrogens (tertiary/aromatic N) is 3. The molecule has 0 unspecified atom stereocenters. The van der Waals surface area contributed by atoms with Crippen molar-refractivity contribution in [1.82, 2.24) is 9.97 Å². The molecule has 1 aromatic rings. The third kappa shape index (κ3) is 3.46. The lowest BCUT2D eigenvalue weighted by Crippen LogP contribution is -2.35. The minimum atomic E-state index is -4.28. The summed E-state index contributed by atoms with van der Waals surface area (Å²) in [6.07, 6.45) is -2.59. The van der Waals surface area contributed by atoms with Gasteiger partial charge in [0.25, 0.3) is 0 Å². The standard InChI is InChI=1S/C10H16F3N5/c1-3-7-8(17-14)15-6-16-9(7)18(4-2)5-10(11,12)13/h6H,3-5,14H2,1-2H3,(H,15,16,17). The summed E-state index contributed by atoms with van der Waals surface area (Å²) in [6, 6.07) is 0. The molecule has 102 valence electrons.